The van der Waals surface area contributed by atoms with Crippen molar-refractivity contribution < 1.29 is 21.7 Å². The topological polar surface area (TPSA) is 12.4 Å². The van der Waals surface area contributed by atoms with Gasteiger partial charge < -0.3 is 0 Å². The zero-order chi connectivity index (χ0) is 23.4. The van der Waals surface area contributed by atoms with Crippen LogP contribution in [0, 0.1) is 0 Å². The molecule has 0 radical (unpaired) electrons. The molecule has 1 nitrogen and oxygen atoms in total. The Kier molecular flexibility index (Phi) is 24.2. The molecule has 0 aromatic rings. The second-order valence-corrected chi connectivity index (χ2v) is 13.1. The SMILES string of the molecule is C=C(C)C(=C)C.CCCCCCP(CCCCCC)(CCCCCC)=NC1=CC=CC1.[Ti]. The molecule has 0 fully saturated rings. The smallest absolute Gasteiger partial charge is 0.0425 e. The van der Waals surface area contributed by atoms with Crippen LogP contribution < -0.4 is 0 Å². The van der Waals surface area contributed by atoms with E-state index in [0.717, 1.165) is 17.6 Å². The molecule has 1 rings (SSSR count). The van der Waals surface area contributed by atoms with Gasteiger partial charge in [-0.1, -0.05) is 115 Å². The molecule has 0 aliphatic heterocycles. The first-order valence-electron chi connectivity index (χ1n) is 13.2. The van der Waals surface area contributed by atoms with Crippen molar-refractivity contribution in [3.05, 3.63) is 48.2 Å². The molecular weight excluding hydrogens is 441 g/mol. The largest absolute Gasteiger partial charge is 0.272 e. The Morgan fingerprint density at radius 2 is 1.16 bits per heavy atom. The first-order chi connectivity index (χ1) is 14.9. The van der Waals surface area contributed by atoms with Crippen LogP contribution in [0.3, 0.4) is 0 Å². The Labute approximate surface area is 217 Å². The van der Waals surface area contributed by atoms with Crippen LogP contribution in [0.25, 0.3) is 0 Å². The molecule has 1 aliphatic carbocycles. The number of hydrogen-bond acceptors (Lipinski definition) is 1. The summed E-state index contributed by atoms with van der Waals surface area (Å²) >= 11 is 0. The van der Waals surface area contributed by atoms with Gasteiger partial charge in [0.2, 0.25) is 0 Å². The van der Waals surface area contributed by atoms with Crippen molar-refractivity contribution in [3.8, 4) is 0 Å². The van der Waals surface area contributed by atoms with Gasteiger partial charge >= 0.3 is 0 Å². The van der Waals surface area contributed by atoms with E-state index in [-0.39, 0.29) is 21.7 Å². The van der Waals surface area contributed by atoms with Gasteiger partial charge in [-0.3, -0.25) is 4.74 Å². The summed E-state index contributed by atoms with van der Waals surface area (Å²) in [5, 5.41) is 0. The van der Waals surface area contributed by atoms with Crippen LogP contribution >= 0.6 is 7.05 Å². The van der Waals surface area contributed by atoms with E-state index in [0.29, 0.717) is 0 Å². The van der Waals surface area contributed by atoms with E-state index in [1.54, 1.807) is 0 Å². The molecule has 0 saturated carbocycles. The summed E-state index contributed by atoms with van der Waals surface area (Å²) in [5.41, 5.74) is 3.51. The van der Waals surface area contributed by atoms with Gasteiger partial charge in [-0.2, -0.15) is 0 Å². The van der Waals surface area contributed by atoms with Gasteiger partial charge in [0.25, 0.3) is 0 Å². The summed E-state index contributed by atoms with van der Waals surface area (Å²) < 4.78 is 5.51. The normalized spacial score (nSPS) is 12.5. The van der Waals surface area contributed by atoms with Crippen LogP contribution in [0.4, 0.5) is 0 Å². The second-order valence-electron chi connectivity index (χ2n) is 9.40. The Bertz CT molecular complexity index is 550. The molecular formula is C29H54NPTi. The van der Waals surface area contributed by atoms with Gasteiger partial charge in [0.05, 0.1) is 0 Å². The van der Waals surface area contributed by atoms with Crippen LogP contribution in [0.5, 0.6) is 0 Å². The number of rotatable bonds is 17. The summed E-state index contributed by atoms with van der Waals surface area (Å²) in [5.74, 6) is 0. The standard InChI is InChI=1S/C23H44NP.C6H10.Ti/c1-4-7-10-15-20-25(21-16-11-8-5-2,22-17-12-9-6-3)24-23-18-13-14-19-23;1-5(2)6(3)4;/h13-14,18H,4-12,15-17,19-22H2,1-3H3;1,3H2,2,4H3;. The number of unbranched alkanes of at least 4 members (excludes halogenated alkanes) is 9. The van der Waals surface area contributed by atoms with Gasteiger partial charge in [0.1, 0.15) is 0 Å². The van der Waals surface area contributed by atoms with Crippen LogP contribution in [0.1, 0.15) is 118 Å². The minimum atomic E-state index is -1.15. The van der Waals surface area contributed by atoms with Crippen LogP contribution in [-0.4, -0.2) is 18.5 Å². The fourth-order valence-electron chi connectivity index (χ4n) is 3.77. The van der Waals surface area contributed by atoms with Crippen LogP contribution in [0.2, 0.25) is 0 Å². The zero-order valence-corrected chi connectivity index (χ0v) is 24.8. The van der Waals surface area contributed by atoms with Crippen molar-refractivity contribution in [2.45, 2.75) is 118 Å². The van der Waals surface area contributed by atoms with Crippen molar-refractivity contribution in [1.29, 1.82) is 0 Å². The summed E-state index contributed by atoms with van der Waals surface area (Å²) in [4.78, 5) is 0. The van der Waals surface area contributed by atoms with Crippen molar-refractivity contribution in [2.75, 3.05) is 18.5 Å². The van der Waals surface area contributed by atoms with Gasteiger partial charge in [-0.05, 0) is 64.7 Å². The maximum atomic E-state index is 5.51. The maximum Gasteiger partial charge on any atom is 0.0425 e. The monoisotopic (exact) mass is 495 g/mol. The zero-order valence-electron chi connectivity index (χ0n) is 22.4. The number of hydrogen-bond donors (Lipinski definition) is 0. The van der Waals surface area contributed by atoms with Crippen LogP contribution in [-0.2, 0) is 21.7 Å². The first-order valence-corrected chi connectivity index (χ1v) is 15.5. The summed E-state index contributed by atoms with van der Waals surface area (Å²) in [6.45, 7) is 18.2. The van der Waals surface area contributed by atoms with Crippen molar-refractivity contribution in [1.82, 2.24) is 0 Å². The second kappa shape index (κ2) is 22.7. The third-order valence-corrected chi connectivity index (χ3v) is 10.2. The van der Waals surface area contributed by atoms with E-state index in [4.69, 9.17) is 4.74 Å². The fourth-order valence-corrected chi connectivity index (χ4v) is 7.87. The molecule has 0 aromatic heterocycles. The fraction of sp³-hybridized carbons (Fsp3) is 0.724. The molecule has 1 aliphatic rings. The minimum absolute atomic E-state index is 0. The van der Waals surface area contributed by atoms with Crippen molar-refractivity contribution in [3.63, 3.8) is 0 Å². The Morgan fingerprint density at radius 1 is 0.750 bits per heavy atom. The van der Waals surface area contributed by atoms with Gasteiger partial charge in [-0.25, -0.2) is 0 Å². The first kappa shape index (κ1) is 34.1. The van der Waals surface area contributed by atoms with E-state index in [9.17, 15) is 0 Å². The van der Waals surface area contributed by atoms with E-state index in [1.165, 1.54) is 101 Å². The summed E-state index contributed by atoms with van der Waals surface area (Å²) in [6.07, 6.45) is 28.8. The molecule has 0 amide bonds. The molecule has 32 heavy (non-hydrogen) atoms. The number of nitrogens with zero attached hydrogens (tertiary/aromatic N) is 1. The molecule has 0 heterocycles. The van der Waals surface area contributed by atoms with Gasteiger partial charge in [0, 0.05) is 33.8 Å². The van der Waals surface area contributed by atoms with Crippen molar-refractivity contribution >= 4 is 7.05 Å². The Morgan fingerprint density at radius 3 is 1.44 bits per heavy atom. The molecule has 0 saturated heterocycles. The molecule has 0 spiro atoms. The molecule has 0 aromatic carbocycles. The van der Waals surface area contributed by atoms with Gasteiger partial charge in [-0.15, -0.1) is 0 Å². The predicted octanol–water partition coefficient (Wildman–Crippen LogP) is 10.9. The maximum absolute atomic E-state index is 5.51. The van der Waals surface area contributed by atoms with Crippen LogP contribution in [0.15, 0.2) is 53.0 Å². The summed E-state index contributed by atoms with van der Waals surface area (Å²) in [7, 11) is -1.15. The van der Waals surface area contributed by atoms with E-state index in [2.05, 4.69) is 52.2 Å². The Hall–Kier alpha value is -0.0957. The van der Waals surface area contributed by atoms with E-state index in [1.807, 2.05) is 13.8 Å². The minimum Gasteiger partial charge on any atom is -0.272 e. The quantitative estimate of drug-likeness (QED) is 0.0823. The Balaban J connectivity index is 0. The average molecular weight is 496 g/mol. The van der Waals surface area contributed by atoms with E-state index >= 15 is 0 Å². The molecule has 184 valence electrons. The average Bonchev–Trinajstić information content (AvgIpc) is 3.25. The predicted molar refractivity (Wildman–Crippen MR) is 148 cm³/mol. The molecule has 3 heteroatoms. The van der Waals surface area contributed by atoms with Gasteiger partial charge in [0.15, 0.2) is 0 Å². The summed E-state index contributed by atoms with van der Waals surface area (Å²) in [6, 6.07) is 0. The molecule has 0 atom stereocenters. The third kappa shape index (κ3) is 18.3. The molecule has 0 N–H and O–H groups in total. The third-order valence-electron chi connectivity index (χ3n) is 6.10. The molecule has 0 unspecified atom stereocenters. The molecule has 0 bridgehead atoms. The van der Waals surface area contributed by atoms with E-state index < -0.39 is 7.05 Å². The van der Waals surface area contributed by atoms with Crippen molar-refractivity contribution in [2.24, 2.45) is 4.74 Å². The number of allylic oxidation sites excluding steroid dienone is 5.